The Morgan fingerprint density at radius 1 is 1.47 bits per heavy atom. The van der Waals surface area contributed by atoms with Gasteiger partial charge >= 0.3 is 0 Å². The average Bonchev–Trinajstić information content (AvgIpc) is 2.85. The number of thiophene rings is 1. The molecule has 0 saturated carbocycles. The van der Waals surface area contributed by atoms with Crippen molar-refractivity contribution in [2.45, 2.75) is 24.3 Å². The molecule has 0 saturated heterocycles. The highest BCUT2D eigenvalue weighted by Gasteiger charge is 2.36. The van der Waals surface area contributed by atoms with E-state index in [0.29, 0.717) is 12.4 Å². The predicted octanol–water partition coefficient (Wildman–Crippen LogP) is 3.21. The summed E-state index contributed by atoms with van der Waals surface area (Å²) in [5.41, 5.74) is -0.462. The molecule has 4 heteroatoms. The first kappa shape index (κ1) is 10.7. The summed E-state index contributed by atoms with van der Waals surface area (Å²) in [6.45, 7) is 0.535. The lowest BCUT2D eigenvalue weighted by molar-refractivity contribution is -0.143. The van der Waals surface area contributed by atoms with E-state index in [9.17, 15) is 4.79 Å². The van der Waals surface area contributed by atoms with Gasteiger partial charge in [0.2, 0.25) is 0 Å². The summed E-state index contributed by atoms with van der Waals surface area (Å²) in [5, 5.41) is 0. The lowest BCUT2D eigenvalue weighted by Gasteiger charge is -2.25. The van der Waals surface area contributed by atoms with Gasteiger partial charge < -0.3 is 4.74 Å². The minimum Gasteiger partial charge on any atom is -0.455 e. The maximum atomic E-state index is 10.5. The fourth-order valence-electron chi connectivity index (χ4n) is 1.77. The molecular weight excluding hydrogens is 232 g/mol. The summed E-state index contributed by atoms with van der Waals surface area (Å²) < 4.78 is 5.26. The van der Waals surface area contributed by atoms with Gasteiger partial charge in [-0.1, -0.05) is 12.2 Å². The largest absolute Gasteiger partial charge is 0.455 e. The van der Waals surface area contributed by atoms with Crippen LogP contribution in [0.2, 0.25) is 0 Å². The number of rotatable bonds is 4. The van der Waals surface area contributed by atoms with Gasteiger partial charge in [-0.3, -0.25) is 4.79 Å². The highest BCUT2D eigenvalue weighted by atomic mass is 35.5. The van der Waals surface area contributed by atoms with Gasteiger partial charge in [-0.2, -0.15) is 0 Å². The standard InChI is InChI=1S/C11H11ClO2S/c12-7-9-3-4-10(15-9)11(14-8-13)5-1-2-6-11/h1-4,8H,5-7H2. The maximum Gasteiger partial charge on any atom is 0.294 e. The van der Waals surface area contributed by atoms with Crippen LogP contribution in [0, 0.1) is 0 Å². The summed E-state index contributed by atoms with van der Waals surface area (Å²) in [5.74, 6) is 0.509. The van der Waals surface area contributed by atoms with Crippen molar-refractivity contribution < 1.29 is 9.53 Å². The molecule has 0 aromatic carbocycles. The molecule has 1 aromatic rings. The Balaban J connectivity index is 2.28. The van der Waals surface area contributed by atoms with Crippen LogP contribution in [0.25, 0.3) is 0 Å². The fraction of sp³-hybridized carbons (Fsp3) is 0.364. The number of hydrogen-bond acceptors (Lipinski definition) is 3. The number of ether oxygens (including phenoxy) is 1. The number of halogens is 1. The van der Waals surface area contributed by atoms with E-state index in [0.717, 1.165) is 22.6 Å². The van der Waals surface area contributed by atoms with Crippen LogP contribution < -0.4 is 0 Å². The number of hydrogen-bond donors (Lipinski definition) is 0. The molecular formula is C11H11ClO2S. The molecule has 1 aliphatic rings. The highest BCUT2D eigenvalue weighted by molar-refractivity contribution is 7.12. The Hall–Kier alpha value is -0.800. The summed E-state index contributed by atoms with van der Waals surface area (Å²) >= 11 is 7.37. The van der Waals surface area contributed by atoms with Gasteiger partial charge in [-0.25, -0.2) is 0 Å². The van der Waals surface area contributed by atoms with Gasteiger partial charge in [0, 0.05) is 22.6 Å². The zero-order chi connectivity index (χ0) is 10.7. The third-order valence-electron chi connectivity index (χ3n) is 2.58. The van der Waals surface area contributed by atoms with Crippen LogP contribution in [0.3, 0.4) is 0 Å². The predicted molar refractivity (Wildman–Crippen MR) is 61.1 cm³/mol. The second-order valence-corrected chi connectivity index (χ2v) is 4.92. The van der Waals surface area contributed by atoms with E-state index in [1.54, 1.807) is 11.3 Å². The molecule has 0 unspecified atom stereocenters. The SMILES string of the molecule is O=COC1(c2ccc(CCl)s2)CC=CC1. The number of alkyl halides is 1. The first-order chi connectivity index (χ1) is 7.30. The van der Waals surface area contributed by atoms with E-state index >= 15 is 0 Å². The molecule has 0 fully saturated rings. The first-order valence-corrected chi connectivity index (χ1v) is 6.07. The smallest absolute Gasteiger partial charge is 0.294 e. The molecule has 2 nitrogen and oxygen atoms in total. The lowest BCUT2D eigenvalue weighted by Crippen LogP contribution is -2.24. The minimum atomic E-state index is -0.462. The van der Waals surface area contributed by atoms with Crippen LogP contribution in [0.5, 0.6) is 0 Å². The molecule has 0 radical (unpaired) electrons. The van der Waals surface area contributed by atoms with E-state index < -0.39 is 5.60 Å². The van der Waals surface area contributed by atoms with Crippen LogP contribution >= 0.6 is 22.9 Å². The minimum absolute atomic E-state index is 0.462. The molecule has 0 spiro atoms. The van der Waals surface area contributed by atoms with E-state index in [2.05, 4.69) is 0 Å². The van der Waals surface area contributed by atoms with Crippen molar-refractivity contribution in [3.8, 4) is 0 Å². The van der Waals surface area contributed by atoms with Crippen molar-refractivity contribution in [3.05, 3.63) is 34.0 Å². The molecule has 0 aliphatic heterocycles. The van der Waals surface area contributed by atoms with Crippen molar-refractivity contribution in [1.82, 2.24) is 0 Å². The maximum absolute atomic E-state index is 10.5. The van der Waals surface area contributed by atoms with Gasteiger partial charge in [0.05, 0.1) is 5.88 Å². The number of carbonyl (C=O) groups is 1. The summed E-state index contributed by atoms with van der Waals surface area (Å²) in [7, 11) is 0. The molecule has 0 amide bonds. The fourth-order valence-corrected chi connectivity index (χ4v) is 3.04. The monoisotopic (exact) mass is 242 g/mol. The van der Waals surface area contributed by atoms with Crippen molar-refractivity contribution in [2.75, 3.05) is 0 Å². The van der Waals surface area contributed by atoms with Crippen LogP contribution in [0.4, 0.5) is 0 Å². The molecule has 0 N–H and O–H groups in total. The van der Waals surface area contributed by atoms with E-state index in [-0.39, 0.29) is 0 Å². The number of carbonyl (C=O) groups excluding carboxylic acids is 1. The van der Waals surface area contributed by atoms with E-state index in [1.165, 1.54) is 0 Å². The quantitative estimate of drug-likeness (QED) is 0.460. The Labute approximate surface area is 97.5 Å². The van der Waals surface area contributed by atoms with Gasteiger partial charge in [0.15, 0.2) is 5.60 Å². The van der Waals surface area contributed by atoms with Gasteiger partial charge in [-0.15, -0.1) is 22.9 Å². The van der Waals surface area contributed by atoms with E-state index in [1.807, 2.05) is 24.3 Å². The summed E-state index contributed by atoms with van der Waals surface area (Å²) in [6, 6.07) is 3.99. The van der Waals surface area contributed by atoms with Crippen molar-refractivity contribution in [3.63, 3.8) is 0 Å². The highest BCUT2D eigenvalue weighted by Crippen LogP contribution is 2.41. The Kier molecular flexibility index (Phi) is 3.12. The molecule has 0 atom stereocenters. The average molecular weight is 243 g/mol. The molecule has 80 valence electrons. The van der Waals surface area contributed by atoms with Gasteiger partial charge in [-0.05, 0) is 12.1 Å². The zero-order valence-corrected chi connectivity index (χ0v) is 9.68. The summed E-state index contributed by atoms with van der Waals surface area (Å²) in [4.78, 5) is 12.7. The lowest BCUT2D eigenvalue weighted by atomic mass is 9.99. The van der Waals surface area contributed by atoms with Crippen molar-refractivity contribution in [2.24, 2.45) is 0 Å². The molecule has 1 aliphatic carbocycles. The molecule has 2 rings (SSSR count). The third-order valence-corrected chi connectivity index (χ3v) is 4.29. The molecule has 15 heavy (non-hydrogen) atoms. The van der Waals surface area contributed by atoms with Crippen molar-refractivity contribution >= 4 is 29.4 Å². The summed E-state index contributed by atoms with van der Waals surface area (Å²) in [6.07, 6.45) is 5.61. The van der Waals surface area contributed by atoms with Crippen LogP contribution in [0.1, 0.15) is 22.6 Å². The Bertz CT molecular complexity index is 376. The van der Waals surface area contributed by atoms with Crippen LogP contribution in [-0.4, -0.2) is 6.47 Å². The second kappa shape index (κ2) is 4.37. The van der Waals surface area contributed by atoms with Gasteiger partial charge in [0.1, 0.15) is 0 Å². The first-order valence-electron chi connectivity index (χ1n) is 4.72. The third kappa shape index (κ3) is 1.94. The Morgan fingerprint density at radius 3 is 2.73 bits per heavy atom. The molecule has 1 aromatic heterocycles. The van der Waals surface area contributed by atoms with Crippen LogP contribution in [-0.2, 0) is 21.0 Å². The topological polar surface area (TPSA) is 26.3 Å². The second-order valence-electron chi connectivity index (χ2n) is 3.49. The van der Waals surface area contributed by atoms with Crippen molar-refractivity contribution in [1.29, 1.82) is 0 Å². The van der Waals surface area contributed by atoms with Gasteiger partial charge in [0.25, 0.3) is 6.47 Å². The Morgan fingerprint density at radius 2 is 2.20 bits per heavy atom. The normalized spacial score (nSPS) is 17.9. The zero-order valence-electron chi connectivity index (χ0n) is 8.11. The van der Waals surface area contributed by atoms with E-state index in [4.69, 9.17) is 16.3 Å². The molecule has 1 heterocycles. The van der Waals surface area contributed by atoms with Crippen LogP contribution in [0.15, 0.2) is 24.3 Å². The molecule has 0 bridgehead atoms.